The minimum Gasteiger partial charge on any atom is -0.857 e. The first-order chi connectivity index (χ1) is 18.5. The number of aliphatic hydroxyl groups is 1. The Kier molecular flexibility index (Phi) is 14.2. The summed E-state index contributed by atoms with van der Waals surface area (Å²) in [6.45, 7) is 11.3. The van der Waals surface area contributed by atoms with Gasteiger partial charge in [-0.25, -0.2) is 19.8 Å². The van der Waals surface area contributed by atoms with Crippen LogP contribution in [0.2, 0.25) is 0 Å². The van der Waals surface area contributed by atoms with Gasteiger partial charge in [0, 0.05) is 24.4 Å². The molecule has 0 atom stereocenters. The van der Waals surface area contributed by atoms with Gasteiger partial charge in [-0.3, -0.25) is 0 Å². The summed E-state index contributed by atoms with van der Waals surface area (Å²) in [6.07, 6.45) is 6.34. The summed E-state index contributed by atoms with van der Waals surface area (Å²) in [6, 6.07) is 16.3. The van der Waals surface area contributed by atoms with Crippen LogP contribution in [0.4, 0.5) is 17.3 Å². The van der Waals surface area contributed by atoms with Gasteiger partial charge in [0.2, 0.25) is 5.69 Å². The van der Waals surface area contributed by atoms with Crippen molar-refractivity contribution in [3.63, 3.8) is 0 Å². The first-order valence-corrected chi connectivity index (χ1v) is 11.4. The summed E-state index contributed by atoms with van der Waals surface area (Å²) in [4.78, 5) is 21.7. The number of hydrogen-bond acceptors (Lipinski definition) is 6. The summed E-state index contributed by atoms with van der Waals surface area (Å²) < 4.78 is 0. The molecule has 0 aliphatic heterocycles. The van der Waals surface area contributed by atoms with E-state index in [2.05, 4.69) is 61.0 Å². The third kappa shape index (κ3) is 8.25. The van der Waals surface area contributed by atoms with Crippen LogP contribution < -0.4 is 46.1 Å². The van der Waals surface area contributed by atoms with Crippen LogP contribution in [0.1, 0.15) is 11.1 Å². The fourth-order valence-corrected chi connectivity index (χ4v) is 3.59. The molecule has 0 amide bonds. The molecular formula is C28H31N8NaO2. The quantitative estimate of drug-likeness (QED) is 0.101. The predicted octanol–water partition coefficient (Wildman–Crippen LogP) is 1.26. The zero-order valence-corrected chi connectivity index (χ0v) is 24.7. The number of aliphatic imine (C=N–C) groups is 1. The minimum absolute atomic E-state index is 0. The van der Waals surface area contributed by atoms with Crippen LogP contribution in [0.3, 0.4) is 0 Å². The number of nitrogens with zero attached hydrogens (tertiary/aromatic N) is 4. The van der Waals surface area contributed by atoms with Crippen LogP contribution in [0, 0.1) is 20.4 Å². The standard InChI is InChI=1S/2C13H12N4.CH4O.CH3O.Na/c1-8-2-4-9(5-3-8)10-6-15-13-11(10)12(14)16-7-17-13;1-9-3-5-10(6-4-9)11-7-16-13(17-8-14)12(11)15-2;2*1-2;/h2-7H,1H3,(H3,14,15,16,17);3-8,16H,1H3,(H2,14,17);2H,1H3;1H3;/q;;;-1;+1. The maximum Gasteiger partial charge on any atom is 1.00 e. The van der Waals surface area contributed by atoms with E-state index in [1.165, 1.54) is 23.8 Å². The largest absolute Gasteiger partial charge is 1.00 e. The molecule has 0 saturated heterocycles. The fraction of sp³-hybridized carbons (Fsp3) is 0.143. The Morgan fingerprint density at radius 2 is 1.41 bits per heavy atom. The number of fused-ring (bicyclic) bond motifs is 1. The van der Waals surface area contributed by atoms with E-state index in [1.807, 2.05) is 37.4 Å². The molecule has 10 nitrogen and oxygen atoms in total. The van der Waals surface area contributed by atoms with E-state index in [0.29, 0.717) is 17.3 Å². The summed E-state index contributed by atoms with van der Waals surface area (Å²) in [5.74, 6) is 1.00. The Morgan fingerprint density at radius 1 is 0.897 bits per heavy atom. The van der Waals surface area contributed by atoms with Gasteiger partial charge in [-0.05, 0) is 31.2 Å². The zero-order chi connectivity index (χ0) is 28.1. The van der Waals surface area contributed by atoms with Gasteiger partial charge in [0.15, 0.2) is 0 Å². The van der Waals surface area contributed by atoms with Crippen LogP contribution in [0.15, 0.2) is 72.2 Å². The molecule has 3 aromatic heterocycles. The zero-order valence-electron chi connectivity index (χ0n) is 22.7. The Labute approximate surface area is 250 Å². The molecule has 0 saturated carbocycles. The predicted molar refractivity (Wildman–Crippen MR) is 152 cm³/mol. The number of hydrogen-bond donors (Lipinski definition) is 5. The number of nitrogen functional groups attached to an aromatic ring is 1. The Hall–Kier alpha value is -3.98. The topological polar surface area (TPSA) is 169 Å². The van der Waals surface area contributed by atoms with Gasteiger partial charge in [-0.1, -0.05) is 59.7 Å². The summed E-state index contributed by atoms with van der Waals surface area (Å²) in [7, 11) is 1.75. The molecule has 0 fully saturated rings. The number of rotatable bonds is 3. The molecule has 11 heteroatoms. The van der Waals surface area contributed by atoms with E-state index in [9.17, 15) is 0 Å². The number of nitrogens with two attached hydrogens (primary N) is 2. The van der Waals surface area contributed by atoms with Gasteiger partial charge in [-0.15, -0.1) is 0 Å². The maximum atomic E-state index is 8.25. The van der Waals surface area contributed by atoms with Crippen molar-refractivity contribution in [2.75, 3.05) is 20.0 Å². The second kappa shape index (κ2) is 16.8. The average molecular weight is 535 g/mol. The smallest absolute Gasteiger partial charge is 0.857 e. The molecular weight excluding hydrogens is 503 g/mol. The molecule has 196 valence electrons. The third-order valence-electron chi connectivity index (χ3n) is 5.37. The van der Waals surface area contributed by atoms with E-state index in [1.54, 1.807) is 6.20 Å². The van der Waals surface area contributed by atoms with Gasteiger partial charge in [0.25, 0.3) is 0 Å². The molecule has 2 aromatic carbocycles. The Balaban J connectivity index is 0.000000338. The summed E-state index contributed by atoms with van der Waals surface area (Å²) >= 11 is 0. The van der Waals surface area contributed by atoms with Gasteiger partial charge in [-0.2, -0.15) is 7.11 Å². The van der Waals surface area contributed by atoms with E-state index < -0.39 is 0 Å². The summed E-state index contributed by atoms with van der Waals surface area (Å²) in [5.41, 5.74) is 18.8. The number of aromatic amines is 2. The fourth-order valence-electron chi connectivity index (χ4n) is 3.59. The average Bonchev–Trinajstić information content (AvgIpc) is 3.58. The van der Waals surface area contributed by atoms with E-state index in [4.69, 9.17) is 28.3 Å². The molecule has 39 heavy (non-hydrogen) atoms. The molecule has 0 aliphatic carbocycles. The van der Waals surface area contributed by atoms with Crippen molar-refractivity contribution in [2.24, 2.45) is 10.7 Å². The summed E-state index contributed by atoms with van der Waals surface area (Å²) in [5, 5.41) is 16.1. The first kappa shape index (κ1) is 33.0. The number of H-pyrrole nitrogens is 2. The van der Waals surface area contributed by atoms with E-state index in [-0.39, 0.29) is 29.6 Å². The van der Waals surface area contributed by atoms with Gasteiger partial charge in [0.1, 0.15) is 23.6 Å². The number of benzene rings is 2. The number of aliphatic hydroxyl groups excluding tert-OH is 1. The molecule has 0 aliphatic rings. The Morgan fingerprint density at radius 3 is 1.92 bits per heavy atom. The van der Waals surface area contributed by atoms with Gasteiger partial charge >= 0.3 is 29.6 Å². The minimum atomic E-state index is 0. The van der Waals surface area contributed by atoms with E-state index in [0.717, 1.165) is 47.5 Å². The van der Waals surface area contributed by atoms with Crippen LogP contribution >= 0.6 is 0 Å². The first-order valence-electron chi connectivity index (χ1n) is 11.4. The van der Waals surface area contributed by atoms with Crippen LogP contribution in [-0.2, 0) is 0 Å². The van der Waals surface area contributed by atoms with Crippen molar-refractivity contribution >= 4 is 34.7 Å². The van der Waals surface area contributed by atoms with Crippen LogP contribution in [-0.4, -0.2) is 45.6 Å². The second-order valence-corrected chi connectivity index (χ2v) is 7.71. The van der Waals surface area contributed by atoms with Crippen LogP contribution in [0.25, 0.3) is 38.1 Å². The van der Waals surface area contributed by atoms with Crippen molar-refractivity contribution < 1.29 is 39.8 Å². The second-order valence-electron chi connectivity index (χ2n) is 7.71. The number of nitrogens with one attached hydrogen (secondary N) is 2. The number of anilines is 1. The van der Waals surface area contributed by atoms with Crippen LogP contribution in [0.5, 0.6) is 0 Å². The monoisotopic (exact) mass is 534 g/mol. The van der Waals surface area contributed by atoms with Crippen molar-refractivity contribution in [3.8, 4) is 22.3 Å². The van der Waals surface area contributed by atoms with Crippen molar-refractivity contribution in [1.82, 2.24) is 19.9 Å². The third-order valence-corrected chi connectivity index (χ3v) is 5.37. The molecule has 0 spiro atoms. The number of aryl methyl sites for hydroxylation is 2. The number of aromatic nitrogens is 4. The van der Waals surface area contributed by atoms with Crippen molar-refractivity contribution in [3.05, 3.63) is 89.8 Å². The van der Waals surface area contributed by atoms with Crippen molar-refractivity contribution in [2.45, 2.75) is 13.8 Å². The molecule has 0 unspecified atom stereocenters. The Bertz CT molecular complexity index is 1500. The molecule has 0 radical (unpaired) electrons. The van der Waals surface area contributed by atoms with Gasteiger partial charge in [0.05, 0.1) is 18.3 Å². The van der Waals surface area contributed by atoms with Crippen molar-refractivity contribution in [1.29, 1.82) is 0 Å². The molecule has 5 aromatic rings. The molecule has 7 N–H and O–H groups in total. The van der Waals surface area contributed by atoms with Gasteiger partial charge < -0.3 is 31.6 Å². The molecule has 3 heterocycles. The SMILES string of the molecule is CO.C[O-].Cc1ccc(-c2c[nH]c3ncnc(N)c23)cc1.[C-]#[N+]c1c(-c2ccc(C)cc2)c[nH]c1N=CN.[Na+]. The normalized spacial score (nSPS) is 9.67. The molecule has 5 rings (SSSR count). The van der Waals surface area contributed by atoms with E-state index >= 15 is 0 Å². The maximum absolute atomic E-state index is 8.25. The molecule has 0 bridgehead atoms.